The lowest BCUT2D eigenvalue weighted by atomic mass is 9.98. The molecular weight excluding hydrogens is 454 g/mol. The number of nitrogens with one attached hydrogen (secondary N) is 3. The Morgan fingerprint density at radius 3 is 2.19 bits per heavy atom. The highest BCUT2D eigenvalue weighted by molar-refractivity contribution is 5.95. The van der Waals surface area contributed by atoms with Crippen LogP contribution in [0.25, 0.3) is 0 Å². The van der Waals surface area contributed by atoms with Crippen molar-refractivity contribution in [2.75, 3.05) is 11.9 Å². The molecule has 9 nitrogen and oxygen atoms in total. The fraction of sp³-hybridized carbons (Fsp3) is 0.296. The number of anilines is 1. The molecule has 7 N–H and O–H groups in total. The molecule has 0 aliphatic heterocycles. The molecule has 0 amide bonds. The van der Waals surface area contributed by atoms with Gasteiger partial charge in [-0.05, 0) is 61.6 Å². The molecule has 2 aromatic carbocycles. The van der Waals surface area contributed by atoms with E-state index in [2.05, 4.69) is 10.5 Å². The van der Waals surface area contributed by atoms with Crippen LogP contribution in [0.15, 0.2) is 53.7 Å². The summed E-state index contributed by atoms with van der Waals surface area (Å²) >= 11 is 0. The van der Waals surface area contributed by atoms with Crippen LogP contribution in [0, 0.1) is 22.6 Å². The first-order valence-electron chi connectivity index (χ1n) is 11.9. The molecule has 0 atom stereocenters. The third-order valence-corrected chi connectivity index (χ3v) is 6.30. The number of rotatable bonds is 12. The van der Waals surface area contributed by atoms with E-state index >= 15 is 0 Å². The van der Waals surface area contributed by atoms with E-state index < -0.39 is 0 Å². The quantitative estimate of drug-likeness (QED) is 0.145. The number of pyridine rings is 1. The molecule has 1 fully saturated rings. The Morgan fingerprint density at radius 1 is 1.03 bits per heavy atom. The fourth-order valence-corrected chi connectivity index (χ4v) is 4.24. The Kier molecular flexibility index (Phi) is 7.58. The maximum absolute atomic E-state index is 11.4. The Bertz CT molecular complexity index is 1270. The van der Waals surface area contributed by atoms with Gasteiger partial charge < -0.3 is 21.5 Å². The number of hydrogen-bond donors (Lipinski definition) is 5. The Hall–Kier alpha value is -4.27. The highest BCUT2D eigenvalue weighted by atomic mass is 16.5. The first-order chi connectivity index (χ1) is 17.4. The standard InChI is InChI=1S/C27H31N7O2/c1-16-25(36-15-17-2-4-19(5-3-17)26(28)29)23(14-33-35)22(24(34-16)18-6-7-18)12-13-32-21-10-8-20(9-11-21)27(30)31/h2-5,8-11,18,32H,6-7,12-15H2,1H3,(H3,28,29)(H3,30,31). The van der Waals surface area contributed by atoms with E-state index in [0.29, 0.717) is 42.4 Å². The summed E-state index contributed by atoms with van der Waals surface area (Å²) in [4.78, 5) is 16.3. The molecule has 36 heavy (non-hydrogen) atoms. The Morgan fingerprint density at radius 2 is 1.64 bits per heavy atom. The van der Waals surface area contributed by atoms with E-state index in [1.807, 2.05) is 43.3 Å². The number of aromatic nitrogens is 1. The summed E-state index contributed by atoms with van der Waals surface area (Å²) in [5.74, 6) is 1.07. The predicted octanol–water partition coefficient (Wildman–Crippen LogP) is 4.34. The summed E-state index contributed by atoms with van der Waals surface area (Å²) < 4.78 is 6.20. The van der Waals surface area contributed by atoms with Crippen LogP contribution in [0.5, 0.6) is 5.75 Å². The second-order valence-corrected chi connectivity index (χ2v) is 9.00. The number of benzene rings is 2. The van der Waals surface area contributed by atoms with Crippen LogP contribution < -0.4 is 21.5 Å². The van der Waals surface area contributed by atoms with Gasteiger partial charge in [0.2, 0.25) is 0 Å². The second kappa shape index (κ2) is 11.0. The highest BCUT2D eigenvalue weighted by Gasteiger charge is 2.31. The zero-order chi connectivity index (χ0) is 25.7. The van der Waals surface area contributed by atoms with E-state index in [0.717, 1.165) is 46.6 Å². The monoisotopic (exact) mass is 485 g/mol. The van der Waals surface area contributed by atoms with Gasteiger partial charge >= 0.3 is 0 Å². The topological polar surface area (TPSA) is 163 Å². The first-order valence-corrected chi connectivity index (χ1v) is 11.9. The van der Waals surface area contributed by atoms with Crippen molar-refractivity contribution in [3.05, 3.63) is 92.6 Å². The highest BCUT2D eigenvalue weighted by Crippen LogP contribution is 2.44. The van der Waals surface area contributed by atoms with Crippen LogP contribution in [0.4, 0.5) is 5.69 Å². The zero-order valence-electron chi connectivity index (χ0n) is 20.3. The van der Waals surface area contributed by atoms with Gasteiger partial charge in [0.05, 0.1) is 5.69 Å². The number of hydrogen-bond acceptors (Lipinski definition) is 7. The van der Waals surface area contributed by atoms with Gasteiger partial charge in [-0.15, -0.1) is 0 Å². The molecule has 0 unspecified atom stereocenters. The van der Waals surface area contributed by atoms with Crippen LogP contribution in [-0.4, -0.2) is 23.2 Å². The average Bonchev–Trinajstić information content (AvgIpc) is 3.71. The number of aryl methyl sites for hydroxylation is 1. The molecule has 9 heteroatoms. The molecule has 3 aromatic rings. The zero-order valence-corrected chi connectivity index (χ0v) is 20.3. The summed E-state index contributed by atoms with van der Waals surface area (Å²) in [6.45, 7) is 2.87. The first kappa shape index (κ1) is 24.8. The minimum absolute atomic E-state index is 0.0182. The van der Waals surface area contributed by atoms with Crippen LogP contribution in [0.2, 0.25) is 0 Å². The summed E-state index contributed by atoms with van der Waals surface area (Å²) in [6.07, 6.45) is 2.86. The van der Waals surface area contributed by atoms with Gasteiger partial charge in [0.1, 0.15) is 30.6 Å². The van der Waals surface area contributed by atoms with Crippen molar-refractivity contribution >= 4 is 17.4 Å². The number of nitrogens with zero attached hydrogens (tertiary/aromatic N) is 2. The van der Waals surface area contributed by atoms with E-state index in [4.69, 9.17) is 32.0 Å². The van der Waals surface area contributed by atoms with Crippen molar-refractivity contribution in [3.63, 3.8) is 0 Å². The molecule has 1 aliphatic carbocycles. The lowest BCUT2D eigenvalue weighted by Crippen LogP contribution is -2.14. The van der Waals surface area contributed by atoms with Crippen LogP contribution >= 0.6 is 0 Å². The SMILES string of the molecule is Cc1nc(C2CC2)c(CCNc2ccc(C(=N)N)cc2)c(CN=O)c1OCc1ccc(C(=N)N)cc1. The molecule has 4 rings (SSSR count). The van der Waals surface area contributed by atoms with Gasteiger partial charge in [-0.2, -0.15) is 4.91 Å². The van der Waals surface area contributed by atoms with Gasteiger partial charge in [-0.1, -0.05) is 29.4 Å². The third-order valence-electron chi connectivity index (χ3n) is 6.30. The molecule has 0 spiro atoms. The smallest absolute Gasteiger partial charge is 0.146 e. The minimum Gasteiger partial charge on any atom is -0.487 e. The van der Waals surface area contributed by atoms with Gasteiger partial charge in [-0.25, -0.2) is 0 Å². The number of amidine groups is 2. The Labute approximate surface area is 210 Å². The lowest BCUT2D eigenvalue weighted by molar-refractivity contribution is 0.298. The molecule has 1 aliphatic rings. The minimum atomic E-state index is 0.0182. The summed E-state index contributed by atoms with van der Waals surface area (Å²) in [5.41, 5.74) is 17.9. The van der Waals surface area contributed by atoms with Crippen LogP contribution in [0.3, 0.4) is 0 Å². The summed E-state index contributed by atoms with van der Waals surface area (Å²) in [7, 11) is 0. The maximum Gasteiger partial charge on any atom is 0.146 e. The van der Waals surface area contributed by atoms with Crippen molar-refractivity contribution in [3.8, 4) is 5.75 Å². The molecule has 0 saturated heterocycles. The number of nitrogen functional groups attached to an aromatic ring is 2. The van der Waals surface area contributed by atoms with Crippen molar-refractivity contribution in [2.24, 2.45) is 16.6 Å². The van der Waals surface area contributed by atoms with Crippen LogP contribution in [-0.2, 0) is 19.6 Å². The van der Waals surface area contributed by atoms with Gasteiger partial charge in [-0.3, -0.25) is 15.8 Å². The molecule has 0 radical (unpaired) electrons. The van der Waals surface area contributed by atoms with E-state index in [1.54, 1.807) is 12.1 Å². The van der Waals surface area contributed by atoms with Crippen molar-refractivity contribution in [2.45, 2.75) is 45.3 Å². The second-order valence-electron chi connectivity index (χ2n) is 9.00. The normalized spacial score (nSPS) is 12.7. The average molecular weight is 486 g/mol. The van der Waals surface area contributed by atoms with E-state index in [-0.39, 0.29) is 18.2 Å². The van der Waals surface area contributed by atoms with Gasteiger partial charge in [0.15, 0.2) is 0 Å². The fourth-order valence-electron chi connectivity index (χ4n) is 4.24. The molecule has 1 aromatic heterocycles. The lowest BCUT2D eigenvalue weighted by Gasteiger charge is -2.20. The predicted molar refractivity (Wildman–Crippen MR) is 142 cm³/mol. The van der Waals surface area contributed by atoms with E-state index in [1.165, 1.54) is 0 Å². The molecule has 186 valence electrons. The third kappa shape index (κ3) is 5.86. The molecule has 1 heterocycles. The molecular formula is C27H31N7O2. The van der Waals surface area contributed by atoms with Crippen LogP contribution in [0.1, 0.15) is 58.0 Å². The van der Waals surface area contributed by atoms with Gasteiger partial charge in [0, 0.05) is 40.5 Å². The number of nitrogens with two attached hydrogens (primary N) is 2. The summed E-state index contributed by atoms with van der Waals surface area (Å²) in [5, 5.41) is 21.7. The molecule has 1 saturated carbocycles. The Balaban J connectivity index is 1.55. The largest absolute Gasteiger partial charge is 0.487 e. The van der Waals surface area contributed by atoms with E-state index in [9.17, 15) is 4.91 Å². The van der Waals surface area contributed by atoms with Gasteiger partial charge in [0.25, 0.3) is 0 Å². The number of nitroso groups, excluding NO2 is 1. The molecule has 0 bridgehead atoms. The summed E-state index contributed by atoms with van der Waals surface area (Å²) in [6, 6.07) is 14.7. The van der Waals surface area contributed by atoms with Crippen molar-refractivity contribution < 1.29 is 4.74 Å². The van der Waals surface area contributed by atoms with Crippen molar-refractivity contribution in [1.82, 2.24) is 4.98 Å². The maximum atomic E-state index is 11.4. The number of ether oxygens (including phenoxy) is 1. The van der Waals surface area contributed by atoms with Crippen molar-refractivity contribution in [1.29, 1.82) is 10.8 Å².